The SMILES string of the molecule is C=C(c1ccc(-c2cccnc2)cc1)N1CC[C@](CCC(N)=O)(c2ccccc2)OC1=O. The van der Waals surface area contributed by atoms with E-state index in [1.54, 1.807) is 17.3 Å². The van der Waals surface area contributed by atoms with Crippen molar-refractivity contribution >= 4 is 17.7 Å². The lowest BCUT2D eigenvalue weighted by Gasteiger charge is -2.42. The Hall–Kier alpha value is -3.93. The van der Waals surface area contributed by atoms with Crippen molar-refractivity contribution in [2.75, 3.05) is 6.54 Å². The van der Waals surface area contributed by atoms with Gasteiger partial charge in [-0.3, -0.25) is 14.7 Å². The van der Waals surface area contributed by atoms with Gasteiger partial charge in [0.1, 0.15) is 5.60 Å². The molecule has 0 radical (unpaired) electrons. The molecule has 32 heavy (non-hydrogen) atoms. The Morgan fingerprint density at radius 1 is 1.06 bits per heavy atom. The van der Waals surface area contributed by atoms with Crippen LogP contribution in [0, 0.1) is 0 Å². The molecule has 6 heteroatoms. The molecule has 1 aromatic heterocycles. The number of hydrogen-bond acceptors (Lipinski definition) is 4. The van der Waals surface area contributed by atoms with Crippen molar-refractivity contribution in [3.63, 3.8) is 0 Å². The van der Waals surface area contributed by atoms with E-state index in [0.29, 0.717) is 25.1 Å². The summed E-state index contributed by atoms with van der Waals surface area (Å²) in [6.45, 7) is 4.56. The summed E-state index contributed by atoms with van der Waals surface area (Å²) in [4.78, 5) is 30.2. The molecule has 4 rings (SSSR count). The summed E-state index contributed by atoms with van der Waals surface area (Å²) in [5, 5.41) is 0. The van der Waals surface area contributed by atoms with E-state index in [1.807, 2.05) is 66.7 Å². The van der Waals surface area contributed by atoms with Crippen LogP contribution in [0.15, 0.2) is 85.7 Å². The van der Waals surface area contributed by atoms with Crippen molar-refractivity contribution in [3.05, 3.63) is 96.8 Å². The first-order valence-electron chi connectivity index (χ1n) is 10.5. The van der Waals surface area contributed by atoms with Crippen LogP contribution in [0.4, 0.5) is 4.79 Å². The molecule has 0 unspecified atom stereocenters. The Bertz CT molecular complexity index is 1110. The second kappa shape index (κ2) is 9.06. The molecule has 1 fully saturated rings. The Balaban J connectivity index is 1.52. The zero-order chi connectivity index (χ0) is 22.6. The van der Waals surface area contributed by atoms with Crippen molar-refractivity contribution in [1.29, 1.82) is 0 Å². The van der Waals surface area contributed by atoms with E-state index in [2.05, 4.69) is 11.6 Å². The van der Waals surface area contributed by atoms with Crippen molar-refractivity contribution in [1.82, 2.24) is 9.88 Å². The van der Waals surface area contributed by atoms with Crippen molar-refractivity contribution in [3.8, 4) is 11.1 Å². The number of nitrogens with zero attached hydrogens (tertiary/aromatic N) is 2. The first-order chi connectivity index (χ1) is 15.5. The quantitative estimate of drug-likeness (QED) is 0.591. The number of pyridine rings is 1. The molecule has 162 valence electrons. The Morgan fingerprint density at radius 2 is 1.81 bits per heavy atom. The highest BCUT2D eigenvalue weighted by Gasteiger charge is 2.42. The number of nitrogens with two attached hydrogens (primary N) is 1. The third-order valence-corrected chi connectivity index (χ3v) is 5.86. The molecule has 0 spiro atoms. The van der Waals surface area contributed by atoms with Gasteiger partial charge in [-0.05, 0) is 28.3 Å². The molecule has 3 aromatic rings. The summed E-state index contributed by atoms with van der Waals surface area (Å²) in [6, 6.07) is 21.2. The van der Waals surface area contributed by atoms with Gasteiger partial charge in [0.25, 0.3) is 0 Å². The molecule has 6 nitrogen and oxygen atoms in total. The maximum absolute atomic E-state index is 13.0. The molecule has 0 aliphatic carbocycles. The molecule has 1 aliphatic heterocycles. The first-order valence-corrected chi connectivity index (χ1v) is 10.5. The van der Waals surface area contributed by atoms with Gasteiger partial charge in [0, 0.05) is 43.9 Å². The average Bonchev–Trinajstić information content (AvgIpc) is 2.83. The molecule has 1 aliphatic rings. The molecular formula is C26H25N3O3. The standard InChI is InChI=1S/C26H25N3O3/c1-19(20-9-11-21(12-10-20)22-6-5-16-28-18-22)29-17-15-26(32-25(29)31,14-13-24(27)30)23-7-3-2-4-8-23/h2-12,16,18H,1,13-15,17H2,(H2,27,30)/t26-/m1/s1. The fourth-order valence-electron chi connectivity index (χ4n) is 4.04. The van der Waals surface area contributed by atoms with E-state index < -0.39 is 17.6 Å². The van der Waals surface area contributed by atoms with Gasteiger partial charge >= 0.3 is 6.09 Å². The van der Waals surface area contributed by atoms with Crippen molar-refractivity contribution in [2.45, 2.75) is 24.9 Å². The predicted molar refractivity (Wildman–Crippen MR) is 123 cm³/mol. The van der Waals surface area contributed by atoms with Crippen LogP contribution in [0.3, 0.4) is 0 Å². The monoisotopic (exact) mass is 427 g/mol. The second-order valence-electron chi connectivity index (χ2n) is 7.86. The molecule has 1 saturated heterocycles. The smallest absolute Gasteiger partial charge is 0.415 e. The molecule has 1 atom stereocenters. The van der Waals surface area contributed by atoms with Crippen molar-refractivity contribution < 1.29 is 14.3 Å². The van der Waals surface area contributed by atoms with E-state index in [9.17, 15) is 9.59 Å². The third-order valence-electron chi connectivity index (χ3n) is 5.86. The lowest BCUT2D eigenvalue weighted by atomic mass is 9.84. The lowest BCUT2D eigenvalue weighted by molar-refractivity contribution is -0.120. The minimum absolute atomic E-state index is 0.138. The van der Waals surface area contributed by atoms with Crippen LogP contribution in [0.1, 0.15) is 30.4 Å². The van der Waals surface area contributed by atoms with Crippen LogP contribution >= 0.6 is 0 Å². The summed E-state index contributed by atoms with van der Waals surface area (Å²) in [5.41, 5.74) is 8.82. The third kappa shape index (κ3) is 4.39. The summed E-state index contributed by atoms with van der Waals surface area (Å²) in [5.74, 6) is -0.420. The van der Waals surface area contributed by atoms with Crippen molar-refractivity contribution in [2.24, 2.45) is 5.73 Å². The zero-order valence-corrected chi connectivity index (χ0v) is 17.7. The number of hydrogen-bond donors (Lipinski definition) is 1. The number of carbonyl (C=O) groups is 2. The van der Waals surface area contributed by atoms with Gasteiger partial charge in [-0.15, -0.1) is 0 Å². The van der Waals surface area contributed by atoms with E-state index in [-0.39, 0.29) is 6.42 Å². The number of cyclic esters (lactones) is 1. The Labute approximate surface area is 187 Å². The fraction of sp³-hybridized carbons (Fsp3) is 0.192. The predicted octanol–water partition coefficient (Wildman–Crippen LogP) is 4.72. The Morgan fingerprint density at radius 3 is 2.44 bits per heavy atom. The van der Waals surface area contributed by atoms with E-state index in [4.69, 9.17) is 10.5 Å². The van der Waals surface area contributed by atoms with Gasteiger partial charge in [-0.1, -0.05) is 67.2 Å². The average molecular weight is 428 g/mol. The maximum atomic E-state index is 13.0. The number of aromatic nitrogens is 1. The highest BCUT2D eigenvalue weighted by atomic mass is 16.6. The van der Waals surface area contributed by atoms with Crippen LogP contribution in [0.25, 0.3) is 16.8 Å². The molecule has 2 heterocycles. The van der Waals surface area contributed by atoms with Crippen LogP contribution in [0.2, 0.25) is 0 Å². The fourth-order valence-corrected chi connectivity index (χ4v) is 4.04. The number of ether oxygens (including phenoxy) is 1. The Kier molecular flexibility index (Phi) is 6.03. The van der Waals surface area contributed by atoms with Crippen LogP contribution in [-0.2, 0) is 15.1 Å². The highest BCUT2D eigenvalue weighted by Crippen LogP contribution is 2.40. The first kappa shape index (κ1) is 21.3. The van der Waals surface area contributed by atoms with Gasteiger partial charge in [0.05, 0.1) is 0 Å². The van der Waals surface area contributed by atoms with E-state index >= 15 is 0 Å². The minimum atomic E-state index is -0.881. The largest absolute Gasteiger partial charge is 0.438 e. The molecule has 0 bridgehead atoms. The number of carbonyl (C=O) groups excluding carboxylic acids is 2. The molecule has 2 aromatic carbocycles. The summed E-state index contributed by atoms with van der Waals surface area (Å²) >= 11 is 0. The zero-order valence-electron chi connectivity index (χ0n) is 17.7. The van der Waals surface area contributed by atoms with Gasteiger partial charge < -0.3 is 10.5 Å². The molecule has 2 N–H and O–H groups in total. The minimum Gasteiger partial charge on any atom is -0.438 e. The normalized spacial score (nSPS) is 18.1. The van der Waals surface area contributed by atoms with Crippen LogP contribution < -0.4 is 5.73 Å². The van der Waals surface area contributed by atoms with Gasteiger partial charge in [-0.2, -0.15) is 0 Å². The van der Waals surface area contributed by atoms with Gasteiger partial charge in [0.2, 0.25) is 5.91 Å². The molecule has 0 saturated carbocycles. The summed E-state index contributed by atoms with van der Waals surface area (Å²) in [7, 11) is 0. The highest BCUT2D eigenvalue weighted by molar-refractivity contribution is 5.83. The van der Waals surface area contributed by atoms with Crippen LogP contribution in [0.5, 0.6) is 0 Å². The summed E-state index contributed by atoms with van der Waals surface area (Å²) < 4.78 is 5.97. The van der Waals surface area contributed by atoms with Crippen LogP contribution in [-0.4, -0.2) is 28.4 Å². The molecule has 2 amide bonds. The van der Waals surface area contributed by atoms with Gasteiger partial charge in [0.15, 0.2) is 0 Å². The lowest BCUT2D eigenvalue weighted by Crippen LogP contribution is -2.47. The number of benzene rings is 2. The number of rotatable bonds is 7. The maximum Gasteiger partial charge on any atom is 0.415 e. The second-order valence-corrected chi connectivity index (χ2v) is 7.86. The summed E-state index contributed by atoms with van der Waals surface area (Å²) in [6.07, 6.45) is 4.08. The number of amides is 2. The number of primary amides is 1. The van der Waals surface area contributed by atoms with E-state index in [0.717, 1.165) is 22.3 Å². The van der Waals surface area contributed by atoms with Gasteiger partial charge in [-0.25, -0.2) is 4.79 Å². The topological polar surface area (TPSA) is 85.5 Å². The van der Waals surface area contributed by atoms with E-state index in [1.165, 1.54) is 0 Å². The molecular weight excluding hydrogens is 402 g/mol.